The molecule has 0 aliphatic heterocycles. The summed E-state index contributed by atoms with van der Waals surface area (Å²) in [5, 5.41) is 9.47. The number of rotatable bonds is 16. The van der Waals surface area contributed by atoms with E-state index in [-0.39, 0.29) is 5.63 Å². The van der Waals surface area contributed by atoms with Crippen LogP contribution in [0.25, 0.3) is 11.0 Å². The van der Waals surface area contributed by atoms with Crippen LogP contribution in [0, 0.1) is 0 Å². The van der Waals surface area contributed by atoms with Gasteiger partial charge >= 0.3 is 11.6 Å². The fourth-order valence-electron chi connectivity index (χ4n) is 3.66. The monoisotopic (exact) mass is 430 g/mol. The molecule has 2 rings (SSSR count). The third-order valence-electron chi connectivity index (χ3n) is 5.52. The summed E-state index contributed by atoms with van der Waals surface area (Å²) in [4.78, 5) is 21.0. The summed E-state index contributed by atoms with van der Waals surface area (Å²) in [5.74, 6) is -0.653. The molecule has 0 spiro atoms. The van der Waals surface area contributed by atoms with Crippen molar-refractivity contribution in [1.29, 1.82) is 0 Å². The van der Waals surface area contributed by atoms with E-state index in [0.717, 1.165) is 18.2 Å². The Morgan fingerprint density at radius 1 is 0.710 bits per heavy atom. The van der Waals surface area contributed by atoms with Crippen molar-refractivity contribution in [2.24, 2.45) is 0 Å². The first-order valence-electron chi connectivity index (χ1n) is 12.3. The van der Waals surface area contributed by atoms with Gasteiger partial charge in [0.05, 0.1) is 0 Å². The molecular weight excluding hydrogens is 388 g/mol. The molecule has 1 heterocycles. The van der Waals surface area contributed by atoms with Gasteiger partial charge in [0.15, 0.2) is 0 Å². The molecule has 31 heavy (non-hydrogen) atoms. The zero-order chi connectivity index (χ0) is 22.6. The largest absolute Gasteiger partial charge is 0.481 e. The zero-order valence-corrected chi connectivity index (χ0v) is 19.4. The lowest BCUT2D eigenvalue weighted by Gasteiger charge is -2.03. The van der Waals surface area contributed by atoms with Gasteiger partial charge in [0.25, 0.3) is 0 Å². The Bertz CT molecular complexity index is 750. The zero-order valence-electron chi connectivity index (χ0n) is 19.4. The molecule has 0 unspecified atom stereocenters. The second-order valence-corrected chi connectivity index (χ2v) is 8.39. The molecule has 0 bridgehead atoms. The van der Waals surface area contributed by atoms with Crippen molar-refractivity contribution < 1.29 is 14.3 Å². The summed E-state index contributed by atoms with van der Waals surface area (Å²) in [6.45, 7) is 2.27. The highest BCUT2D eigenvalue weighted by molar-refractivity contribution is 5.75. The van der Waals surface area contributed by atoms with Gasteiger partial charge in [-0.15, -0.1) is 0 Å². The average Bonchev–Trinajstić information content (AvgIpc) is 2.76. The van der Waals surface area contributed by atoms with Gasteiger partial charge in [-0.2, -0.15) is 0 Å². The summed E-state index contributed by atoms with van der Waals surface area (Å²) >= 11 is 0. The number of carboxylic acid groups (broad SMARTS) is 1. The normalized spacial score (nSPS) is 10.6. The number of benzene rings is 1. The number of unbranched alkanes of at least 4 members (excludes halogenated alkanes) is 14. The number of fused-ring (bicyclic) bond motifs is 1. The molecule has 4 nitrogen and oxygen atoms in total. The highest BCUT2D eigenvalue weighted by atomic mass is 16.4. The van der Waals surface area contributed by atoms with E-state index >= 15 is 0 Å². The van der Waals surface area contributed by atoms with E-state index in [9.17, 15) is 9.59 Å². The fourth-order valence-corrected chi connectivity index (χ4v) is 3.66. The van der Waals surface area contributed by atoms with Crippen molar-refractivity contribution >= 4 is 16.9 Å². The third kappa shape index (κ3) is 15.4. The van der Waals surface area contributed by atoms with Gasteiger partial charge in [0.2, 0.25) is 0 Å². The van der Waals surface area contributed by atoms with Crippen LogP contribution in [0.15, 0.2) is 45.6 Å². The summed E-state index contributed by atoms with van der Waals surface area (Å²) in [6, 6.07) is 10.6. The van der Waals surface area contributed by atoms with Crippen LogP contribution in [0.1, 0.15) is 110 Å². The van der Waals surface area contributed by atoms with E-state index in [0.29, 0.717) is 12.0 Å². The molecule has 0 atom stereocenters. The topological polar surface area (TPSA) is 67.5 Å². The van der Waals surface area contributed by atoms with Crippen LogP contribution in [-0.2, 0) is 4.79 Å². The standard InChI is InChI=1S/C18H36O2.C9H6O2/c1-2-3-4-5-6-7-8-9-10-11-12-13-14-15-16-17-18(19)20;10-9-6-5-7-3-1-2-4-8(7)11-9/h2-17H2,1H3,(H,19,20);1-6H. The van der Waals surface area contributed by atoms with E-state index in [1.54, 1.807) is 12.1 Å². The maximum absolute atomic E-state index is 10.7. The molecule has 0 saturated carbocycles. The lowest BCUT2D eigenvalue weighted by molar-refractivity contribution is -0.137. The molecule has 0 aliphatic carbocycles. The van der Waals surface area contributed by atoms with Crippen molar-refractivity contribution in [3.05, 3.63) is 46.8 Å². The molecule has 4 heteroatoms. The number of hydrogen-bond acceptors (Lipinski definition) is 3. The molecule has 0 amide bonds. The maximum Gasteiger partial charge on any atom is 0.336 e. The fraction of sp³-hybridized carbons (Fsp3) is 0.630. The first-order chi connectivity index (χ1) is 15.1. The Morgan fingerprint density at radius 3 is 1.71 bits per heavy atom. The van der Waals surface area contributed by atoms with Crippen LogP contribution in [0.5, 0.6) is 0 Å². The minimum Gasteiger partial charge on any atom is -0.481 e. The Hall–Kier alpha value is -2.10. The van der Waals surface area contributed by atoms with Crippen LogP contribution in [0.2, 0.25) is 0 Å². The molecule has 0 saturated heterocycles. The van der Waals surface area contributed by atoms with Gasteiger partial charge in [-0.25, -0.2) is 4.79 Å². The van der Waals surface area contributed by atoms with E-state index in [1.165, 1.54) is 89.5 Å². The van der Waals surface area contributed by atoms with Crippen LogP contribution in [-0.4, -0.2) is 11.1 Å². The summed E-state index contributed by atoms with van der Waals surface area (Å²) in [5.41, 5.74) is 0.337. The third-order valence-corrected chi connectivity index (χ3v) is 5.52. The average molecular weight is 431 g/mol. The Labute approximate surface area is 188 Å². The predicted octanol–water partition coefficient (Wildman–Crippen LogP) is 8.13. The summed E-state index contributed by atoms with van der Waals surface area (Å²) in [7, 11) is 0. The number of hydrogen-bond donors (Lipinski definition) is 1. The first-order valence-corrected chi connectivity index (χ1v) is 12.3. The van der Waals surface area contributed by atoms with Gasteiger partial charge in [-0.1, -0.05) is 115 Å². The molecule has 174 valence electrons. The Morgan fingerprint density at radius 2 is 1.19 bits per heavy atom. The molecular formula is C27H42O4. The van der Waals surface area contributed by atoms with Crippen molar-refractivity contribution in [1.82, 2.24) is 0 Å². The second-order valence-electron chi connectivity index (χ2n) is 8.39. The molecule has 0 aliphatic rings. The van der Waals surface area contributed by atoms with Crippen molar-refractivity contribution in [2.45, 2.75) is 110 Å². The van der Waals surface area contributed by atoms with Gasteiger partial charge in [-0.3, -0.25) is 4.79 Å². The quantitative estimate of drug-likeness (QED) is 0.216. The van der Waals surface area contributed by atoms with Crippen LogP contribution in [0.4, 0.5) is 0 Å². The number of carboxylic acids is 1. The van der Waals surface area contributed by atoms with Crippen molar-refractivity contribution in [3.8, 4) is 0 Å². The van der Waals surface area contributed by atoms with Crippen LogP contribution >= 0.6 is 0 Å². The minimum absolute atomic E-state index is 0.302. The smallest absolute Gasteiger partial charge is 0.336 e. The lowest BCUT2D eigenvalue weighted by Crippen LogP contribution is -1.93. The molecule has 1 aromatic heterocycles. The van der Waals surface area contributed by atoms with Gasteiger partial charge in [-0.05, 0) is 18.6 Å². The molecule has 1 aromatic carbocycles. The van der Waals surface area contributed by atoms with Crippen LogP contribution < -0.4 is 5.63 Å². The maximum atomic E-state index is 10.7. The Kier molecular flexibility index (Phi) is 16.2. The highest BCUT2D eigenvalue weighted by Crippen LogP contribution is 2.13. The number of carbonyl (C=O) groups is 1. The van der Waals surface area contributed by atoms with E-state index in [1.807, 2.05) is 18.2 Å². The molecule has 1 N–H and O–H groups in total. The summed E-state index contributed by atoms with van der Waals surface area (Å²) in [6.07, 6.45) is 20.2. The molecule has 0 fully saturated rings. The highest BCUT2D eigenvalue weighted by Gasteiger charge is 1.97. The predicted molar refractivity (Wildman–Crippen MR) is 130 cm³/mol. The minimum atomic E-state index is -0.653. The molecule has 0 radical (unpaired) electrons. The van der Waals surface area contributed by atoms with E-state index in [4.69, 9.17) is 9.52 Å². The number of aliphatic carboxylic acids is 1. The SMILES string of the molecule is CCCCCCCCCCCCCCCCCC(=O)O.O=c1ccc2ccccc2o1. The van der Waals surface area contributed by atoms with E-state index in [2.05, 4.69) is 6.92 Å². The lowest BCUT2D eigenvalue weighted by atomic mass is 10.0. The van der Waals surface area contributed by atoms with Crippen molar-refractivity contribution in [3.63, 3.8) is 0 Å². The first kappa shape index (κ1) is 26.9. The van der Waals surface area contributed by atoms with Gasteiger partial charge in [0, 0.05) is 17.9 Å². The van der Waals surface area contributed by atoms with Crippen LogP contribution in [0.3, 0.4) is 0 Å². The second kappa shape index (κ2) is 18.7. The van der Waals surface area contributed by atoms with Gasteiger partial charge < -0.3 is 9.52 Å². The van der Waals surface area contributed by atoms with Crippen molar-refractivity contribution in [2.75, 3.05) is 0 Å². The number of para-hydroxylation sites is 1. The van der Waals surface area contributed by atoms with E-state index < -0.39 is 5.97 Å². The van der Waals surface area contributed by atoms with Gasteiger partial charge in [0.1, 0.15) is 5.58 Å². The Balaban J connectivity index is 0.000000361. The summed E-state index contributed by atoms with van der Waals surface area (Å²) < 4.78 is 4.91. The molecule has 2 aromatic rings.